The van der Waals surface area contributed by atoms with Gasteiger partial charge in [-0.25, -0.2) is 0 Å². The zero-order chi connectivity index (χ0) is 15.2. The molecule has 0 aliphatic rings. The molecule has 0 radical (unpaired) electrons. The van der Waals surface area contributed by atoms with Gasteiger partial charge >= 0.3 is 0 Å². The number of amides is 1. The zero-order valence-corrected chi connectivity index (χ0v) is 12.6. The number of hydrogen-bond acceptors (Lipinski definition) is 4. The summed E-state index contributed by atoms with van der Waals surface area (Å²) in [6, 6.07) is 9.48. The molecule has 1 N–H and O–H groups in total. The Morgan fingerprint density at radius 2 is 2.36 bits per heavy atom. The van der Waals surface area contributed by atoms with Crippen molar-refractivity contribution in [2.45, 2.75) is 6.04 Å². The van der Waals surface area contributed by atoms with E-state index in [1.807, 2.05) is 34.5 Å². The number of carbonyl (C=O) groups excluding carboxylic acids is 1. The van der Waals surface area contributed by atoms with E-state index in [0.717, 1.165) is 4.88 Å². The van der Waals surface area contributed by atoms with Crippen LogP contribution in [0.15, 0.2) is 64.9 Å². The van der Waals surface area contributed by atoms with Crippen LogP contribution in [0.1, 0.15) is 16.7 Å². The van der Waals surface area contributed by atoms with Gasteiger partial charge in [0.15, 0.2) is 0 Å². The average molecular weight is 313 g/mol. The van der Waals surface area contributed by atoms with Crippen LogP contribution in [-0.2, 0) is 4.79 Å². The van der Waals surface area contributed by atoms with Crippen molar-refractivity contribution in [3.8, 4) is 0 Å². The first-order chi connectivity index (χ1) is 10.8. The van der Waals surface area contributed by atoms with Crippen LogP contribution in [0, 0.1) is 0 Å². The Labute approximate surface area is 131 Å². The second-order valence-electron chi connectivity index (χ2n) is 4.61. The molecule has 0 bridgehead atoms. The lowest BCUT2D eigenvalue weighted by atomic mass is 10.2. The van der Waals surface area contributed by atoms with Crippen molar-refractivity contribution in [1.82, 2.24) is 15.1 Å². The van der Waals surface area contributed by atoms with Gasteiger partial charge in [0.05, 0.1) is 6.26 Å². The highest BCUT2D eigenvalue weighted by Gasteiger charge is 2.15. The van der Waals surface area contributed by atoms with Gasteiger partial charge in [0, 0.05) is 29.9 Å². The summed E-state index contributed by atoms with van der Waals surface area (Å²) >= 11 is 1.65. The lowest BCUT2D eigenvalue weighted by Crippen LogP contribution is -2.30. The highest BCUT2D eigenvalue weighted by molar-refractivity contribution is 7.10. The first-order valence-corrected chi connectivity index (χ1v) is 7.73. The SMILES string of the molecule is O=C(/C=C/c1ccco1)NCC(c1cccs1)n1cccn1. The van der Waals surface area contributed by atoms with Crippen LogP contribution < -0.4 is 5.32 Å². The van der Waals surface area contributed by atoms with Crippen LogP contribution in [-0.4, -0.2) is 22.2 Å². The van der Waals surface area contributed by atoms with E-state index in [0.29, 0.717) is 12.3 Å². The lowest BCUT2D eigenvalue weighted by molar-refractivity contribution is -0.116. The van der Waals surface area contributed by atoms with E-state index in [1.165, 1.54) is 6.08 Å². The molecule has 3 rings (SSSR count). The van der Waals surface area contributed by atoms with Crippen molar-refractivity contribution in [1.29, 1.82) is 0 Å². The van der Waals surface area contributed by atoms with Crippen LogP contribution >= 0.6 is 11.3 Å². The number of furan rings is 1. The van der Waals surface area contributed by atoms with Crippen molar-refractivity contribution >= 4 is 23.3 Å². The normalized spacial score (nSPS) is 12.5. The predicted molar refractivity (Wildman–Crippen MR) is 85.4 cm³/mol. The van der Waals surface area contributed by atoms with E-state index in [-0.39, 0.29) is 11.9 Å². The molecule has 22 heavy (non-hydrogen) atoms. The van der Waals surface area contributed by atoms with Gasteiger partial charge in [-0.2, -0.15) is 5.10 Å². The Morgan fingerprint density at radius 3 is 3.05 bits per heavy atom. The first-order valence-electron chi connectivity index (χ1n) is 6.85. The molecule has 3 heterocycles. The summed E-state index contributed by atoms with van der Waals surface area (Å²) in [5.74, 6) is 0.488. The molecule has 0 saturated heterocycles. The molecule has 6 heteroatoms. The van der Waals surface area contributed by atoms with E-state index in [4.69, 9.17) is 4.42 Å². The van der Waals surface area contributed by atoms with Gasteiger partial charge in [-0.3, -0.25) is 9.48 Å². The fraction of sp³-hybridized carbons (Fsp3) is 0.125. The summed E-state index contributed by atoms with van der Waals surface area (Å²) in [6.45, 7) is 0.476. The van der Waals surface area contributed by atoms with E-state index in [2.05, 4.69) is 10.4 Å². The molecule has 0 fully saturated rings. The van der Waals surface area contributed by atoms with E-state index < -0.39 is 0 Å². The Kier molecular flexibility index (Phi) is 4.50. The topological polar surface area (TPSA) is 60.1 Å². The molecular formula is C16H15N3O2S. The summed E-state index contributed by atoms with van der Waals surface area (Å²) in [5, 5.41) is 9.19. The number of thiophene rings is 1. The fourth-order valence-corrected chi connectivity index (χ4v) is 2.89. The van der Waals surface area contributed by atoms with Crippen LogP contribution in [0.2, 0.25) is 0 Å². The number of rotatable bonds is 6. The highest BCUT2D eigenvalue weighted by atomic mass is 32.1. The Balaban J connectivity index is 1.63. The lowest BCUT2D eigenvalue weighted by Gasteiger charge is -2.16. The number of carbonyl (C=O) groups is 1. The number of nitrogens with zero attached hydrogens (tertiary/aromatic N) is 2. The average Bonchev–Trinajstić information content (AvgIpc) is 3.27. The minimum atomic E-state index is -0.162. The third-order valence-electron chi connectivity index (χ3n) is 3.13. The van der Waals surface area contributed by atoms with Crippen LogP contribution in [0.3, 0.4) is 0 Å². The van der Waals surface area contributed by atoms with Crippen LogP contribution in [0.4, 0.5) is 0 Å². The highest BCUT2D eigenvalue weighted by Crippen LogP contribution is 2.21. The van der Waals surface area contributed by atoms with Gasteiger partial charge in [-0.1, -0.05) is 6.07 Å². The molecule has 3 aromatic rings. The van der Waals surface area contributed by atoms with Crippen molar-refractivity contribution in [2.24, 2.45) is 0 Å². The summed E-state index contributed by atoms with van der Waals surface area (Å²) in [7, 11) is 0. The molecule has 112 valence electrons. The smallest absolute Gasteiger partial charge is 0.244 e. The summed E-state index contributed by atoms with van der Waals surface area (Å²) in [5.41, 5.74) is 0. The van der Waals surface area contributed by atoms with Crippen molar-refractivity contribution in [3.63, 3.8) is 0 Å². The Bertz CT molecular complexity index is 681. The van der Waals surface area contributed by atoms with Crippen molar-refractivity contribution in [2.75, 3.05) is 6.54 Å². The van der Waals surface area contributed by atoms with Crippen molar-refractivity contribution in [3.05, 3.63) is 71.1 Å². The summed E-state index contributed by atoms with van der Waals surface area (Å²) in [6.07, 6.45) is 8.31. The van der Waals surface area contributed by atoms with Crippen LogP contribution in [0.25, 0.3) is 6.08 Å². The monoisotopic (exact) mass is 313 g/mol. The standard InChI is InChI=1S/C16H15N3O2S/c20-16(7-6-13-4-1-10-21-13)17-12-14(15-5-2-11-22-15)19-9-3-8-18-19/h1-11,14H,12H2,(H,17,20)/b7-6+. The van der Waals surface area contributed by atoms with Gasteiger partial charge in [-0.05, 0) is 35.7 Å². The maximum Gasteiger partial charge on any atom is 0.244 e. The first kappa shape index (κ1) is 14.3. The Hall–Kier alpha value is -2.60. The summed E-state index contributed by atoms with van der Waals surface area (Å²) in [4.78, 5) is 13.1. The maximum atomic E-state index is 11.9. The molecule has 0 aliphatic heterocycles. The molecule has 0 aromatic carbocycles. The zero-order valence-electron chi connectivity index (χ0n) is 11.8. The minimum absolute atomic E-state index is 0.00374. The van der Waals surface area contributed by atoms with Gasteiger partial charge in [0.2, 0.25) is 5.91 Å². The molecular weight excluding hydrogens is 298 g/mol. The van der Waals surface area contributed by atoms with E-state index >= 15 is 0 Å². The fourth-order valence-electron chi connectivity index (χ4n) is 2.07. The molecule has 0 aliphatic carbocycles. The van der Waals surface area contributed by atoms with Gasteiger partial charge < -0.3 is 9.73 Å². The van der Waals surface area contributed by atoms with E-state index in [1.54, 1.807) is 42.0 Å². The minimum Gasteiger partial charge on any atom is -0.465 e. The molecule has 1 amide bonds. The van der Waals surface area contributed by atoms with Crippen LogP contribution in [0.5, 0.6) is 0 Å². The van der Waals surface area contributed by atoms with Crippen molar-refractivity contribution < 1.29 is 9.21 Å². The molecule has 5 nitrogen and oxygen atoms in total. The largest absolute Gasteiger partial charge is 0.465 e. The van der Waals surface area contributed by atoms with E-state index in [9.17, 15) is 4.79 Å². The van der Waals surface area contributed by atoms with Gasteiger partial charge in [0.1, 0.15) is 11.8 Å². The molecule has 3 aromatic heterocycles. The molecule has 0 spiro atoms. The number of nitrogens with one attached hydrogen (secondary N) is 1. The van der Waals surface area contributed by atoms with Gasteiger partial charge in [0.25, 0.3) is 0 Å². The summed E-state index contributed by atoms with van der Waals surface area (Å²) < 4.78 is 7.00. The number of hydrogen-bond donors (Lipinski definition) is 1. The van der Waals surface area contributed by atoms with Gasteiger partial charge in [-0.15, -0.1) is 11.3 Å². The Morgan fingerprint density at radius 1 is 1.41 bits per heavy atom. The number of aromatic nitrogens is 2. The second-order valence-corrected chi connectivity index (χ2v) is 5.59. The molecule has 1 atom stereocenters. The molecule has 1 unspecified atom stereocenters. The quantitative estimate of drug-likeness (QED) is 0.712. The predicted octanol–water partition coefficient (Wildman–Crippen LogP) is 2.96. The maximum absolute atomic E-state index is 11.9. The second kappa shape index (κ2) is 6.91. The molecule has 0 saturated carbocycles. The third-order valence-corrected chi connectivity index (χ3v) is 4.10. The third kappa shape index (κ3) is 3.53.